The van der Waals surface area contributed by atoms with Crippen LogP contribution >= 0.6 is 11.8 Å². The van der Waals surface area contributed by atoms with Gasteiger partial charge in [0, 0.05) is 18.1 Å². The molecule has 2 heterocycles. The predicted molar refractivity (Wildman–Crippen MR) is 112 cm³/mol. The fourth-order valence-corrected chi connectivity index (χ4v) is 4.37. The maximum Gasteiger partial charge on any atom is 0.416 e. The molecule has 0 saturated carbocycles. The number of anilines is 1. The van der Waals surface area contributed by atoms with Crippen LogP contribution in [0.4, 0.5) is 19.0 Å². The number of hydrogen-bond acceptors (Lipinski definition) is 4. The van der Waals surface area contributed by atoms with Crippen molar-refractivity contribution in [3.63, 3.8) is 0 Å². The smallest absolute Gasteiger partial charge is 0.310 e. The number of aryl methyl sites for hydroxylation is 1. The lowest BCUT2D eigenvalue weighted by Gasteiger charge is -2.24. The molecule has 160 valence electrons. The maximum atomic E-state index is 12.9. The molecule has 0 radical (unpaired) electrons. The average molecular weight is 445 g/mol. The van der Waals surface area contributed by atoms with Gasteiger partial charge in [0.2, 0.25) is 5.91 Å². The van der Waals surface area contributed by atoms with E-state index in [0.717, 1.165) is 23.3 Å². The van der Waals surface area contributed by atoms with Crippen LogP contribution in [0.15, 0.2) is 58.5 Å². The van der Waals surface area contributed by atoms with Crippen LogP contribution in [0, 0.1) is 6.92 Å². The first kappa shape index (κ1) is 21.2. The van der Waals surface area contributed by atoms with E-state index in [4.69, 9.17) is 0 Å². The van der Waals surface area contributed by atoms with Crippen molar-refractivity contribution in [2.45, 2.75) is 36.3 Å². The number of benzene rings is 2. The van der Waals surface area contributed by atoms with Crippen molar-refractivity contribution in [2.24, 2.45) is 0 Å². The summed E-state index contributed by atoms with van der Waals surface area (Å²) in [6, 6.07) is 12.5. The summed E-state index contributed by atoms with van der Waals surface area (Å²) in [6.07, 6.45) is -4.50. The van der Waals surface area contributed by atoms with Gasteiger partial charge < -0.3 is 10.3 Å². The van der Waals surface area contributed by atoms with Gasteiger partial charge in [-0.2, -0.15) is 13.2 Å². The Morgan fingerprint density at radius 3 is 2.55 bits per heavy atom. The Kier molecular flexibility index (Phi) is 5.62. The second-order valence-corrected chi connectivity index (χ2v) is 8.30. The molecule has 1 aromatic heterocycles. The molecule has 0 saturated heterocycles. The Bertz CT molecular complexity index is 1190. The summed E-state index contributed by atoms with van der Waals surface area (Å²) in [5.74, 6) is -0.278. The van der Waals surface area contributed by atoms with E-state index in [-0.39, 0.29) is 23.7 Å². The summed E-state index contributed by atoms with van der Waals surface area (Å²) in [4.78, 5) is 32.2. The summed E-state index contributed by atoms with van der Waals surface area (Å²) in [6.45, 7) is 1.99. The van der Waals surface area contributed by atoms with Crippen molar-refractivity contribution in [1.82, 2.24) is 9.97 Å². The van der Waals surface area contributed by atoms with Gasteiger partial charge >= 0.3 is 6.18 Å². The van der Waals surface area contributed by atoms with Gasteiger partial charge in [-0.05, 0) is 30.2 Å². The summed E-state index contributed by atoms with van der Waals surface area (Å²) >= 11 is 1.33. The molecule has 1 unspecified atom stereocenters. The quantitative estimate of drug-likeness (QED) is 0.444. The first-order valence-corrected chi connectivity index (χ1v) is 10.5. The van der Waals surface area contributed by atoms with Crippen LogP contribution < -0.4 is 10.9 Å². The molecule has 1 amide bonds. The van der Waals surface area contributed by atoms with Crippen LogP contribution in [0.1, 0.15) is 40.2 Å². The lowest BCUT2D eigenvalue weighted by atomic mass is 9.86. The number of nitrogens with one attached hydrogen (secondary N) is 2. The molecular weight excluding hydrogens is 427 g/mol. The van der Waals surface area contributed by atoms with Gasteiger partial charge in [0.05, 0.1) is 11.1 Å². The third-order valence-corrected chi connectivity index (χ3v) is 5.97. The highest BCUT2D eigenvalue weighted by atomic mass is 32.2. The highest BCUT2D eigenvalue weighted by molar-refractivity contribution is 7.98. The van der Waals surface area contributed by atoms with Crippen molar-refractivity contribution in [3.05, 3.63) is 86.7 Å². The Morgan fingerprint density at radius 2 is 1.87 bits per heavy atom. The third-order valence-electron chi connectivity index (χ3n) is 5.03. The highest BCUT2D eigenvalue weighted by Gasteiger charge is 2.33. The molecule has 0 fully saturated rings. The summed E-state index contributed by atoms with van der Waals surface area (Å²) < 4.78 is 38.6. The number of aromatic nitrogens is 2. The number of H-pyrrole nitrogens is 1. The molecule has 1 atom stereocenters. The van der Waals surface area contributed by atoms with Crippen LogP contribution in [0.2, 0.25) is 0 Å². The first-order chi connectivity index (χ1) is 14.7. The summed E-state index contributed by atoms with van der Waals surface area (Å²) in [5, 5.41) is 2.98. The van der Waals surface area contributed by atoms with E-state index in [1.807, 2.05) is 31.2 Å². The van der Waals surface area contributed by atoms with Gasteiger partial charge in [0.1, 0.15) is 5.82 Å². The van der Waals surface area contributed by atoms with E-state index in [2.05, 4.69) is 15.3 Å². The number of rotatable bonds is 4. The number of thioether (sulfide) groups is 1. The number of carbonyl (C=O) groups is 1. The number of halogens is 3. The van der Waals surface area contributed by atoms with Gasteiger partial charge in [-0.3, -0.25) is 9.59 Å². The molecule has 31 heavy (non-hydrogen) atoms. The van der Waals surface area contributed by atoms with E-state index in [1.165, 1.54) is 23.9 Å². The number of hydrogen-bond donors (Lipinski definition) is 2. The largest absolute Gasteiger partial charge is 0.416 e. The number of aromatic amines is 1. The van der Waals surface area contributed by atoms with Crippen molar-refractivity contribution in [3.8, 4) is 0 Å². The van der Waals surface area contributed by atoms with Gasteiger partial charge in [-0.25, -0.2) is 4.98 Å². The molecule has 5 nitrogen and oxygen atoms in total. The fourth-order valence-electron chi connectivity index (χ4n) is 3.56. The number of nitrogens with zero attached hydrogens (tertiary/aromatic N) is 1. The lowest BCUT2D eigenvalue weighted by Crippen LogP contribution is -2.31. The van der Waals surface area contributed by atoms with Crippen LogP contribution in [0.5, 0.6) is 0 Å². The van der Waals surface area contributed by atoms with E-state index < -0.39 is 23.2 Å². The number of alkyl halides is 3. The Hall–Kier alpha value is -3.07. The first-order valence-electron chi connectivity index (χ1n) is 9.50. The fraction of sp³-hybridized carbons (Fsp3) is 0.227. The van der Waals surface area contributed by atoms with E-state index in [0.29, 0.717) is 16.5 Å². The summed E-state index contributed by atoms with van der Waals surface area (Å²) in [7, 11) is 0. The van der Waals surface area contributed by atoms with Gasteiger partial charge in [-0.1, -0.05) is 53.7 Å². The molecule has 0 bridgehead atoms. The zero-order valence-corrected chi connectivity index (χ0v) is 17.2. The van der Waals surface area contributed by atoms with Gasteiger partial charge in [-0.15, -0.1) is 0 Å². The highest BCUT2D eigenvalue weighted by Crippen LogP contribution is 2.36. The topological polar surface area (TPSA) is 74.8 Å². The molecule has 0 spiro atoms. The second-order valence-electron chi connectivity index (χ2n) is 7.34. The van der Waals surface area contributed by atoms with Crippen LogP contribution in [-0.2, 0) is 16.7 Å². The molecule has 3 aromatic rings. The van der Waals surface area contributed by atoms with Gasteiger partial charge in [0.25, 0.3) is 5.56 Å². The average Bonchev–Trinajstić information content (AvgIpc) is 2.71. The van der Waals surface area contributed by atoms with Crippen LogP contribution in [-0.4, -0.2) is 15.9 Å². The molecule has 1 aliphatic heterocycles. The summed E-state index contributed by atoms with van der Waals surface area (Å²) in [5.41, 5.74) is 1.69. The normalized spacial score (nSPS) is 16.0. The monoisotopic (exact) mass is 445 g/mol. The Labute approximate surface area is 180 Å². The third kappa shape index (κ3) is 4.66. The second kappa shape index (κ2) is 8.22. The minimum atomic E-state index is -4.46. The Morgan fingerprint density at radius 1 is 1.13 bits per heavy atom. The molecule has 0 aliphatic carbocycles. The van der Waals surface area contributed by atoms with Crippen LogP contribution in [0.3, 0.4) is 0 Å². The minimum Gasteiger partial charge on any atom is -0.310 e. The molecule has 2 N–H and O–H groups in total. The predicted octanol–water partition coefficient (Wildman–Crippen LogP) is 4.86. The lowest BCUT2D eigenvalue weighted by molar-refractivity contribution is -0.137. The molecular formula is C22H18F3N3O2S. The van der Waals surface area contributed by atoms with Crippen molar-refractivity contribution in [1.29, 1.82) is 0 Å². The number of amides is 1. The molecule has 9 heteroatoms. The van der Waals surface area contributed by atoms with E-state index in [9.17, 15) is 22.8 Å². The maximum absolute atomic E-state index is 12.9. The zero-order chi connectivity index (χ0) is 22.2. The number of fused-ring (bicyclic) bond motifs is 1. The molecule has 2 aromatic carbocycles. The van der Waals surface area contributed by atoms with Crippen LogP contribution in [0.25, 0.3) is 0 Å². The van der Waals surface area contributed by atoms with Crippen molar-refractivity contribution < 1.29 is 18.0 Å². The van der Waals surface area contributed by atoms with E-state index >= 15 is 0 Å². The SMILES string of the molecule is Cc1cccc(CSc2nc3c(c(=O)[nH]2)C(c2ccc(C(F)(F)F)cc2)CC(=O)N3)c1. The van der Waals surface area contributed by atoms with Gasteiger partial charge in [0.15, 0.2) is 5.16 Å². The molecule has 4 rings (SSSR count). The minimum absolute atomic E-state index is 0.0428. The van der Waals surface area contributed by atoms with Crippen molar-refractivity contribution >= 4 is 23.5 Å². The van der Waals surface area contributed by atoms with Crippen molar-refractivity contribution in [2.75, 3.05) is 5.32 Å². The standard InChI is InChI=1S/C22H18F3N3O2S/c1-12-3-2-4-13(9-12)11-31-21-27-19-18(20(30)28-21)16(10-17(29)26-19)14-5-7-15(8-6-14)22(23,24)25/h2-9,16H,10-11H2,1H3,(H2,26,27,28,29,30). The molecule has 1 aliphatic rings. The number of carbonyl (C=O) groups excluding carboxylic acids is 1. The zero-order valence-electron chi connectivity index (χ0n) is 16.4. The van der Waals surface area contributed by atoms with E-state index in [1.54, 1.807) is 0 Å². The Balaban J connectivity index is 1.63.